The van der Waals surface area contributed by atoms with Crippen molar-refractivity contribution in [1.29, 1.82) is 0 Å². The highest BCUT2D eigenvalue weighted by atomic mass is 32.2. The summed E-state index contributed by atoms with van der Waals surface area (Å²) in [7, 11) is 0. The summed E-state index contributed by atoms with van der Waals surface area (Å²) in [6.07, 6.45) is 2.95. The number of ether oxygens (including phenoxy) is 1. The van der Waals surface area contributed by atoms with Crippen molar-refractivity contribution in [2.45, 2.75) is 57.0 Å². The third kappa shape index (κ3) is 5.06. The van der Waals surface area contributed by atoms with Crippen LogP contribution in [0.3, 0.4) is 0 Å². The lowest BCUT2D eigenvalue weighted by Gasteiger charge is -2.46. The van der Waals surface area contributed by atoms with Gasteiger partial charge in [-0.2, -0.15) is 0 Å². The van der Waals surface area contributed by atoms with Crippen LogP contribution in [0.25, 0.3) is 0 Å². The number of benzene rings is 2. The molecule has 0 spiro atoms. The molecule has 4 aliphatic heterocycles. The third-order valence-corrected chi connectivity index (χ3v) is 9.52. The molecule has 6 rings (SSSR count). The number of hydrogen-bond acceptors (Lipinski definition) is 6. The number of nitrogens with zero attached hydrogens (tertiary/aromatic N) is 2. The molecule has 3 saturated heterocycles. The molecule has 3 unspecified atom stereocenters. The van der Waals surface area contributed by atoms with Crippen molar-refractivity contribution < 1.29 is 19.1 Å². The second-order valence-electron chi connectivity index (χ2n) is 10.8. The van der Waals surface area contributed by atoms with E-state index in [0.29, 0.717) is 29.3 Å². The molecule has 0 saturated carbocycles. The van der Waals surface area contributed by atoms with Gasteiger partial charge in [0.15, 0.2) is 0 Å². The van der Waals surface area contributed by atoms with Crippen molar-refractivity contribution in [3.63, 3.8) is 0 Å². The molecule has 2 aromatic rings. The van der Waals surface area contributed by atoms with Gasteiger partial charge in [-0.25, -0.2) is 4.79 Å². The number of hydrogen-bond donors (Lipinski definition) is 3. The Hall–Kier alpha value is -3.50. The predicted molar refractivity (Wildman–Crippen MR) is 155 cm³/mol. The van der Waals surface area contributed by atoms with Crippen LogP contribution in [0.2, 0.25) is 0 Å². The SMILES string of the molecule is CCC(=O)N1CCC[C@@H](NC(=O)C2=C3NC(=O)N(c4ccc(Oc5ccccc5)cc4C)C4CCNC(S2)C34)C1. The molecule has 0 aliphatic carbocycles. The van der Waals surface area contributed by atoms with E-state index in [2.05, 4.69) is 16.0 Å². The molecule has 0 bridgehead atoms. The zero-order valence-corrected chi connectivity index (χ0v) is 23.6. The number of carbonyl (C=O) groups excluding carboxylic acids is 3. The molecule has 4 aliphatic rings. The van der Waals surface area contributed by atoms with E-state index in [9.17, 15) is 14.4 Å². The summed E-state index contributed by atoms with van der Waals surface area (Å²) < 4.78 is 6.00. The number of nitrogens with one attached hydrogen (secondary N) is 3. The van der Waals surface area contributed by atoms with Gasteiger partial charge in [0, 0.05) is 42.9 Å². The summed E-state index contributed by atoms with van der Waals surface area (Å²) in [5.41, 5.74) is 2.50. The van der Waals surface area contributed by atoms with Gasteiger partial charge in [-0.05, 0) is 68.6 Å². The molecule has 4 atom stereocenters. The molecular formula is C30H35N5O4S. The van der Waals surface area contributed by atoms with Crippen molar-refractivity contribution in [3.8, 4) is 11.5 Å². The van der Waals surface area contributed by atoms with E-state index in [1.165, 1.54) is 11.8 Å². The van der Waals surface area contributed by atoms with Crippen LogP contribution in [-0.2, 0) is 9.59 Å². The van der Waals surface area contributed by atoms with Crippen LogP contribution in [-0.4, -0.2) is 59.8 Å². The lowest BCUT2D eigenvalue weighted by atomic mass is 9.86. The molecular weight excluding hydrogens is 526 g/mol. The summed E-state index contributed by atoms with van der Waals surface area (Å²) in [5, 5.41) is 9.81. The van der Waals surface area contributed by atoms with Crippen LogP contribution < -0.4 is 25.6 Å². The Bertz CT molecular complexity index is 1350. The maximum atomic E-state index is 13.6. The van der Waals surface area contributed by atoms with Gasteiger partial charge in [0.25, 0.3) is 5.91 Å². The molecule has 40 heavy (non-hydrogen) atoms. The van der Waals surface area contributed by atoms with Gasteiger partial charge >= 0.3 is 6.03 Å². The summed E-state index contributed by atoms with van der Waals surface area (Å²) in [6.45, 7) is 5.88. The number of aryl methyl sites for hydroxylation is 1. The van der Waals surface area contributed by atoms with Crippen molar-refractivity contribution in [2.75, 3.05) is 24.5 Å². The first-order valence-electron chi connectivity index (χ1n) is 14.1. The van der Waals surface area contributed by atoms with E-state index >= 15 is 0 Å². The molecule has 210 valence electrons. The van der Waals surface area contributed by atoms with Crippen LogP contribution in [0.5, 0.6) is 11.5 Å². The van der Waals surface area contributed by atoms with Crippen molar-refractivity contribution >= 4 is 35.3 Å². The Morgan fingerprint density at radius 3 is 2.73 bits per heavy atom. The molecule has 3 N–H and O–H groups in total. The standard InChI is InChI=1S/C30H35N5O4S/c1-3-24(36)34-15-7-8-19(17-34)32-28(37)27-26-25-23(13-14-31-29(25)40-27)35(30(38)33-26)22-12-11-21(16-18(22)2)39-20-9-5-4-6-10-20/h4-6,9-12,16,19,23,25,29,31H,3,7-8,13-15,17H2,1-2H3,(H,32,37)(H,33,38)/t19-,23?,25?,29?/m1/s1. The van der Waals surface area contributed by atoms with Crippen LogP contribution in [0.4, 0.5) is 10.5 Å². The van der Waals surface area contributed by atoms with Crippen molar-refractivity contribution in [3.05, 3.63) is 64.7 Å². The first-order valence-corrected chi connectivity index (χ1v) is 15.0. The zero-order chi connectivity index (χ0) is 27.8. The normalized spacial score (nSPS) is 25.8. The molecule has 4 heterocycles. The fourth-order valence-electron chi connectivity index (χ4n) is 6.28. The minimum Gasteiger partial charge on any atom is -0.457 e. The van der Waals surface area contributed by atoms with Crippen molar-refractivity contribution in [2.24, 2.45) is 5.92 Å². The number of likely N-dealkylation sites (tertiary alicyclic amines) is 1. The Kier molecular flexibility index (Phi) is 7.46. The van der Waals surface area contributed by atoms with E-state index < -0.39 is 0 Å². The van der Waals surface area contributed by atoms with Gasteiger partial charge in [0.2, 0.25) is 5.91 Å². The molecule has 9 nitrogen and oxygen atoms in total. The third-order valence-electron chi connectivity index (χ3n) is 8.17. The van der Waals surface area contributed by atoms with Gasteiger partial charge in [-0.15, -0.1) is 0 Å². The second-order valence-corrected chi connectivity index (χ2v) is 11.9. The number of urea groups is 1. The van der Waals surface area contributed by atoms with Gasteiger partial charge in [-0.1, -0.05) is 36.9 Å². The second kappa shape index (κ2) is 11.2. The first-order chi connectivity index (χ1) is 19.4. The fraction of sp³-hybridized carbons (Fsp3) is 0.433. The maximum absolute atomic E-state index is 13.6. The molecule has 2 aromatic carbocycles. The number of piperidine rings is 2. The highest BCUT2D eigenvalue weighted by Crippen LogP contribution is 2.48. The predicted octanol–water partition coefficient (Wildman–Crippen LogP) is 4.10. The lowest BCUT2D eigenvalue weighted by Crippen LogP contribution is -2.62. The minimum absolute atomic E-state index is 0.00289. The zero-order valence-electron chi connectivity index (χ0n) is 22.8. The Morgan fingerprint density at radius 1 is 1.12 bits per heavy atom. The number of amides is 4. The van der Waals surface area contributed by atoms with Crippen LogP contribution in [0.1, 0.15) is 38.2 Å². The minimum atomic E-state index is -0.220. The molecule has 10 heteroatoms. The number of thioether (sulfide) groups is 1. The van der Waals surface area contributed by atoms with E-state index in [1.54, 1.807) is 0 Å². The van der Waals surface area contributed by atoms with Crippen LogP contribution in [0, 0.1) is 12.8 Å². The van der Waals surface area contributed by atoms with Gasteiger partial charge < -0.3 is 25.6 Å². The average Bonchev–Trinajstić information content (AvgIpc) is 3.33. The van der Waals surface area contributed by atoms with Gasteiger partial charge in [-0.3, -0.25) is 14.5 Å². The van der Waals surface area contributed by atoms with Crippen molar-refractivity contribution in [1.82, 2.24) is 20.9 Å². The maximum Gasteiger partial charge on any atom is 0.326 e. The monoisotopic (exact) mass is 561 g/mol. The number of para-hydroxylation sites is 1. The van der Waals surface area contributed by atoms with Crippen LogP contribution >= 0.6 is 11.8 Å². The largest absolute Gasteiger partial charge is 0.457 e. The highest BCUT2D eigenvalue weighted by Gasteiger charge is 2.52. The van der Waals surface area contributed by atoms with E-state index in [-0.39, 0.29) is 41.2 Å². The number of rotatable bonds is 6. The average molecular weight is 562 g/mol. The van der Waals surface area contributed by atoms with E-state index in [1.807, 2.05) is 72.2 Å². The topological polar surface area (TPSA) is 103 Å². The summed E-state index contributed by atoms with van der Waals surface area (Å²) in [5.74, 6) is 1.39. The molecule has 0 aromatic heterocycles. The molecule has 0 radical (unpaired) electrons. The van der Waals surface area contributed by atoms with E-state index in [4.69, 9.17) is 4.74 Å². The molecule has 3 fully saturated rings. The quantitative estimate of drug-likeness (QED) is 0.491. The Balaban J connectivity index is 1.21. The first kappa shape index (κ1) is 26.7. The molecule has 4 amide bonds. The van der Waals surface area contributed by atoms with Crippen LogP contribution in [0.15, 0.2) is 59.1 Å². The Labute approximate surface area is 238 Å². The number of carbonyl (C=O) groups is 3. The van der Waals surface area contributed by atoms with Gasteiger partial charge in [0.05, 0.1) is 16.3 Å². The summed E-state index contributed by atoms with van der Waals surface area (Å²) >= 11 is 1.50. The lowest BCUT2D eigenvalue weighted by molar-refractivity contribution is -0.133. The number of anilines is 1. The van der Waals surface area contributed by atoms with Gasteiger partial charge in [0.1, 0.15) is 11.5 Å². The fourth-order valence-corrected chi connectivity index (χ4v) is 7.68. The smallest absolute Gasteiger partial charge is 0.326 e. The highest BCUT2D eigenvalue weighted by molar-refractivity contribution is 8.04. The summed E-state index contributed by atoms with van der Waals surface area (Å²) in [6, 6.07) is 15.0. The summed E-state index contributed by atoms with van der Waals surface area (Å²) in [4.78, 5) is 43.6. The Morgan fingerprint density at radius 2 is 1.95 bits per heavy atom. The van der Waals surface area contributed by atoms with E-state index in [0.717, 1.165) is 49.4 Å².